The van der Waals surface area contributed by atoms with Crippen LogP contribution in [-0.4, -0.2) is 33.8 Å². The second-order valence-electron chi connectivity index (χ2n) is 6.89. The molecule has 1 aromatic heterocycles. The second kappa shape index (κ2) is 7.51. The lowest BCUT2D eigenvalue weighted by Crippen LogP contribution is -2.44. The number of benzene rings is 1. The van der Waals surface area contributed by atoms with Crippen molar-refractivity contribution in [1.29, 1.82) is 0 Å². The Bertz CT molecular complexity index is 659. The zero-order chi connectivity index (χ0) is 16.9. The van der Waals surface area contributed by atoms with E-state index in [1.807, 2.05) is 54.5 Å². The number of urea groups is 1. The van der Waals surface area contributed by atoms with Gasteiger partial charge in [-0.05, 0) is 43.7 Å². The average molecular weight is 326 g/mol. The van der Waals surface area contributed by atoms with Gasteiger partial charge in [0, 0.05) is 24.8 Å². The van der Waals surface area contributed by atoms with Crippen LogP contribution in [0, 0.1) is 5.92 Å². The van der Waals surface area contributed by atoms with Crippen molar-refractivity contribution in [2.24, 2.45) is 5.92 Å². The SMILES string of the molecule is CC1CCC(NC(=O)N(C)Cc2cnn(-c3ccccc3)c2)CC1. The molecule has 1 aromatic carbocycles. The van der Waals surface area contributed by atoms with E-state index in [-0.39, 0.29) is 6.03 Å². The fourth-order valence-corrected chi connectivity index (χ4v) is 3.20. The fraction of sp³-hybridized carbons (Fsp3) is 0.474. The maximum absolute atomic E-state index is 12.4. The number of carbonyl (C=O) groups excluding carboxylic acids is 1. The molecule has 0 bridgehead atoms. The van der Waals surface area contributed by atoms with Crippen LogP contribution in [0.25, 0.3) is 5.69 Å². The number of hydrogen-bond acceptors (Lipinski definition) is 2. The Balaban J connectivity index is 1.54. The molecule has 24 heavy (non-hydrogen) atoms. The van der Waals surface area contributed by atoms with Gasteiger partial charge in [0.25, 0.3) is 0 Å². The van der Waals surface area contributed by atoms with Gasteiger partial charge in [0.15, 0.2) is 0 Å². The van der Waals surface area contributed by atoms with Gasteiger partial charge in [-0.25, -0.2) is 9.48 Å². The molecule has 1 fully saturated rings. The minimum atomic E-state index is 0.00186. The van der Waals surface area contributed by atoms with Crippen LogP contribution in [-0.2, 0) is 6.54 Å². The van der Waals surface area contributed by atoms with Gasteiger partial charge in [-0.3, -0.25) is 0 Å². The Hall–Kier alpha value is -2.30. The van der Waals surface area contributed by atoms with E-state index in [2.05, 4.69) is 17.3 Å². The number of hydrogen-bond donors (Lipinski definition) is 1. The van der Waals surface area contributed by atoms with Crippen molar-refractivity contribution in [2.75, 3.05) is 7.05 Å². The number of carbonyl (C=O) groups is 1. The van der Waals surface area contributed by atoms with Gasteiger partial charge in [0.1, 0.15) is 0 Å². The molecule has 0 saturated heterocycles. The maximum Gasteiger partial charge on any atom is 0.317 e. The van der Waals surface area contributed by atoms with Crippen LogP contribution in [0.3, 0.4) is 0 Å². The van der Waals surface area contributed by atoms with Gasteiger partial charge < -0.3 is 10.2 Å². The highest BCUT2D eigenvalue weighted by Gasteiger charge is 2.21. The van der Waals surface area contributed by atoms with Crippen LogP contribution in [0.2, 0.25) is 0 Å². The quantitative estimate of drug-likeness (QED) is 0.933. The highest BCUT2D eigenvalue weighted by atomic mass is 16.2. The molecule has 2 amide bonds. The Kier molecular flexibility index (Phi) is 5.18. The number of rotatable bonds is 4. The molecule has 0 atom stereocenters. The molecule has 0 radical (unpaired) electrons. The largest absolute Gasteiger partial charge is 0.335 e. The molecule has 5 heteroatoms. The highest BCUT2D eigenvalue weighted by molar-refractivity contribution is 5.74. The number of amides is 2. The fourth-order valence-electron chi connectivity index (χ4n) is 3.20. The van der Waals surface area contributed by atoms with Gasteiger partial charge in [0.2, 0.25) is 0 Å². The smallest absolute Gasteiger partial charge is 0.317 e. The molecule has 5 nitrogen and oxygen atoms in total. The van der Waals surface area contributed by atoms with E-state index in [0.29, 0.717) is 12.6 Å². The lowest BCUT2D eigenvalue weighted by Gasteiger charge is -2.28. The zero-order valence-electron chi connectivity index (χ0n) is 14.5. The minimum absolute atomic E-state index is 0.00186. The first-order valence-corrected chi connectivity index (χ1v) is 8.72. The van der Waals surface area contributed by atoms with Crippen LogP contribution < -0.4 is 5.32 Å². The van der Waals surface area contributed by atoms with Crippen LogP contribution >= 0.6 is 0 Å². The first-order chi connectivity index (χ1) is 11.6. The Labute approximate surface area is 143 Å². The normalized spacial score (nSPS) is 20.6. The lowest BCUT2D eigenvalue weighted by molar-refractivity contribution is 0.195. The molecule has 1 aliphatic carbocycles. The molecule has 0 aliphatic heterocycles. The Morgan fingerprint density at radius 3 is 2.67 bits per heavy atom. The number of nitrogens with one attached hydrogen (secondary N) is 1. The van der Waals surface area contributed by atoms with Crippen LogP contribution in [0.4, 0.5) is 4.79 Å². The van der Waals surface area contributed by atoms with E-state index in [0.717, 1.165) is 30.0 Å². The zero-order valence-corrected chi connectivity index (χ0v) is 14.5. The highest BCUT2D eigenvalue weighted by Crippen LogP contribution is 2.23. The molecule has 2 aromatic rings. The molecule has 128 valence electrons. The first-order valence-electron chi connectivity index (χ1n) is 8.72. The molecule has 3 rings (SSSR count). The van der Waals surface area contributed by atoms with Crippen LogP contribution in [0.5, 0.6) is 0 Å². The predicted molar refractivity (Wildman–Crippen MR) is 95.0 cm³/mol. The average Bonchev–Trinajstić information content (AvgIpc) is 3.06. The van der Waals surface area contributed by atoms with Crippen molar-refractivity contribution in [3.8, 4) is 5.69 Å². The lowest BCUT2D eigenvalue weighted by atomic mass is 9.87. The minimum Gasteiger partial charge on any atom is -0.335 e. The first kappa shape index (κ1) is 16.6. The van der Waals surface area contributed by atoms with Crippen LogP contribution in [0.15, 0.2) is 42.7 Å². The molecule has 1 saturated carbocycles. The van der Waals surface area contributed by atoms with Crippen molar-refractivity contribution >= 4 is 6.03 Å². The third-order valence-electron chi connectivity index (χ3n) is 4.77. The Morgan fingerprint density at radius 2 is 1.96 bits per heavy atom. The van der Waals surface area contributed by atoms with Gasteiger partial charge in [-0.1, -0.05) is 25.1 Å². The second-order valence-corrected chi connectivity index (χ2v) is 6.89. The molecule has 1 aliphatic rings. The van der Waals surface area contributed by atoms with Crippen molar-refractivity contribution in [3.63, 3.8) is 0 Å². The Morgan fingerprint density at radius 1 is 1.25 bits per heavy atom. The summed E-state index contributed by atoms with van der Waals surface area (Å²) in [5, 5.41) is 7.54. The van der Waals surface area contributed by atoms with Crippen molar-refractivity contribution in [1.82, 2.24) is 20.0 Å². The van der Waals surface area contributed by atoms with Gasteiger partial charge in [-0.15, -0.1) is 0 Å². The van der Waals surface area contributed by atoms with E-state index in [1.165, 1.54) is 12.8 Å². The summed E-state index contributed by atoms with van der Waals surface area (Å²) in [4.78, 5) is 14.1. The van der Waals surface area contributed by atoms with Crippen molar-refractivity contribution in [2.45, 2.75) is 45.2 Å². The standard InChI is InChI=1S/C19H26N4O/c1-15-8-10-17(11-9-15)21-19(24)22(2)13-16-12-20-23(14-16)18-6-4-3-5-7-18/h3-7,12,14-15,17H,8-11,13H2,1-2H3,(H,21,24). The molecule has 1 N–H and O–H groups in total. The van der Waals surface area contributed by atoms with E-state index >= 15 is 0 Å². The molecule has 0 unspecified atom stereocenters. The van der Waals surface area contributed by atoms with Gasteiger partial charge in [0.05, 0.1) is 18.4 Å². The van der Waals surface area contributed by atoms with E-state index in [4.69, 9.17) is 0 Å². The van der Waals surface area contributed by atoms with Gasteiger partial charge in [-0.2, -0.15) is 5.10 Å². The number of nitrogens with zero attached hydrogens (tertiary/aromatic N) is 3. The monoisotopic (exact) mass is 326 g/mol. The van der Waals surface area contributed by atoms with Gasteiger partial charge >= 0.3 is 6.03 Å². The van der Waals surface area contributed by atoms with Crippen LogP contribution in [0.1, 0.15) is 38.2 Å². The summed E-state index contributed by atoms with van der Waals surface area (Å²) in [7, 11) is 1.83. The number of para-hydroxylation sites is 1. The predicted octanol–water partition coefficient (Wildman–Crippen LogP) is 3.59. The van der Waals surface area contributed by atoms with Crippen molar-refractivity contribution < 1.29 is 4.79 Å². The molecule has 1 heterocycles. The molecular weight excluding hydrogens is 300 g/mol. The summed E-state index contributed by atoms with van der Waals surface area (Å²) in [5.41, 5.74) is 2.04. The third-order valence-corrected chi connectivity index (χ3v) is 4.77. The topological polar surface area (TPSA) is 50.2 Å². The van der Waals surface area contributed by atoms with Crippen molar-refractivity contribution in [3.05, 3.63) is 48.3 Å². The summed E-state index contributed by atoms with van der Waals surface area (Å²) < 4.78 is 1.84. The summed E-state index contributed by atoms with van der Waals surface area (Å²) in [5.74, 6) is 0.791. The van der Waals surface area contributed by atoms with E-state index in [1.54, 1.807) is 4.90 Å². The summed E-state index contributed by atoms with van der Waals surface area (Å²) in [6, 6.07) is 10.3. The number of aromatic nitrogens is 2. The summed E-state index contributed by atoms with van der Waals surface area (Å²) in [6.07, 6.45) is 8.39. The van der Waals surface area contributed by atoms with E-state index in [9.17, 15) is 4.79 Å². The third kappa shape index (κ3) is 4.16. The molecule has 0 spiro atoms. The summed E-state index contributed by atoms with van der Waals surface area (Å²) >= 11 is 0. The maximum atomic E-state index is 12.4. The van der Waals surface area contributed by atoms with E-state index < -0.39 is 0 Å². The molecular formula is C19H26N4O. The summed E-state index contributed by atoms with van der Waals surface area (Å²) in [6.45, 7) is 2.84.